The van der Waals surface area contributed by atoms with E-state index in [-0.39, 0.29) is 23.8 Å². The fourth-order valence-corrected chi connectivity index (χ4v) is 1.69. The molecule has 0 radical (unpaired) electrons. The lowest BCUT2D eigenvalue weighted by atomic mass is 9.94. The number of aryl methyl sites for hydroxylation is 1. The van der Waals surface area contributed by atoms with Crippen molar-refractivity contribution in [2.24, 2.45) is 0 Å². The van der Waals surface area contributed by atoms with Crippen molar-refractivity contribution in [2.75, 3.05) is 0 Å². The molecule has 0 saturated carbocycles. The van der Waals surface area contributed by atoms with Gasteiger partial charge in [-0.3, -0.25) is 4.79 Å². The summed E-state index contributed by atoms with van der Waals surface area (Å²) in [5.74, 6) is -1.18. The highest BCUT2D eigenvalue weighted by Gasteiger charge is 2.16. The van der Waals surface area contributed by atoms with Gasteiger partial charge in [0.15, 0.2) is 0 Å². The third-order valence-electron chi connectivity index (χ3n) is 2.62. The van der Waals surface area contributed by atoms with Gasteiger partial charge in [0, 0.05) is 6.07 Å². The van der Waals surface area contributed by atoms with Gasteiger partial charge in [0.2, 0.25) is 0 Å². The number of hydrogen-bond donors (Lipinski definition) is 3. The molecule has 1 rings (SSSR count). The zero-order valence-corrected chi connectivity index (χ0v) is 9.40. The lowest BCUT2D eigenvalue weighted by Crippen LogP contribution is -2.03. The van der Waals surface area contributed by atoms with Crippen molar-refractivity contribution in [3.63, 3.8) is 0 Å². The minimum absolute atomic E-state index is 0.0402. The molecule has 0 bridgehead atoms. The Hall–Kier alpha value is -1.71. The molecule has 1 atom stereocenters. The summed E-state index contributed by atoms with van der Waals surface area (Å²) in [5, 5.41) is 27.8. The van der Waals surface area contributed by atoms with E-state index in [9.17, 15) is 15.0 Å². The molecule has 1 aromatic rings. The fourth-order valence-electron chi connectivity index (χ4n) is 1.69. The largest absolute Gasteiger partial charge is 0.508 e. The van der Waals surface area contributed by atoms with Crippen molar-refractivity contribution >= 4 is 5.97 Å². The molecule has 0 aliphatic heterocycles. The van der Waals surface area contributed by atoms with Crippen LogP contribution in [0.3, 0.4) is 0 Å². The summed E-state index contributed by atoms with van der Waals surface area (Å²) in [4.78, 5) is 10.6. The summed E-state index contributed by atoms with van der Waals surface area (Å²) in [6, 6.07) is 2.94. The maximum absolute atomic E-state index is 10.6. The van der Waals surface area contributed by atoms with Crippen molar-refractivity contribution in [1.82, 2.24) is 0 Å². The fraction of sp³-hybridized carbons (Fsp3) is 0.417. The number of phenolic OH excluding ortho intramolecular Hbond substituents is 2. The summed E-state index contributed by atoms with van der Waals surface area (Å²) < 4.78 is 0. The monoisotopic (exact) mass is 224 g/mol. The Balaban J connectivity index is 3.08. The number of aromatic hydroxyl groups is 2. The number of phenols is 2. The maximum Gasteiger partial charge on any atom is 0.303 e. The average Bonchev–Trinajstić information content (AvgIpc) is 2.16. The average molecular weight is 224 g/mol. The van der Waals surface area contributed by atoms with E-state index in [1.54, 1.807) is 13.0 Å². The lowest BCUT2D eigenvalue weighted by molar-refractivity contribution is -0.137. The van der Waals surface area contributed by atoms with Crippen LogP contribution in [0.15, 0.2) is 12.1 Å². The van der Waals surface area contributed by atoms with E-state index >= 15 is 0 Å². The molecule has 0 aromatic heterocycles. The molecule has 0 heterocycles. The number of hydrogen-bond acceptors (Lipinski definition) is 3. The Morgan fingerprint density at radius 1 is 1.31 bits per heavy atom. The van der Waals surface area contributed by atoms with E-state index in [1.807, 2.05) is 6.92 Å². The standard InChI is InChI=1S/C12H16O4/c1-3-8-5-9(7(2)4-12(15)16)11(14)6-10(8)13/h5-7,13-14H,3-4H2,1-2H3,(H,15,16). The maximum atomic E-state index is 10.6. The Kier molecular flexibility index (Phi) is 3.77. The number of carbonyl (C=O) groups is 1. The minimum Gasteiger partial charge on any atom is -0.508 e. The van der Waals surface area contributed by atoms with Crippen LogP contribution < -0.4 is 0 Å². The number of carboxylic acid groups (broad SMARTS) is 1. The minimum atomic E-state index is -0.905. The molecule has 0 saturated heterocycles. The highest BCUT2D eigenvalue weighted by Crippen LogP contribution is 2.33. The van der Waals surface area contributed by atoms with Gasteiger partial charge in [-0.1, -0.05) is 13.8 Å². The molecule has 16 heavy (non-hydrogen) atoms. The third kappa shape index (κ3) is 2.66. The molecular formula is C12H16O4. The van der Waals surface area contributed by atoms with Gasteiger partial charge in [0.05, 0.1) is 6.42 Å². The predicted octanol–water partition coefficient (Wildman–Crippen LogP) is 2.24. The molecule has 4 nitrogen and oxygen atoms in total. The van der Waals surface area contributed by atoms with Crippen LogP contribution in [-0.2, 0) is 11.2 Å². The van der Waals surface area contributed by atoms with Crippen LogP contribution in [0, 0.1) is 0 Å². The van der Waals surface area contributed by atoms with Crippen LogP contribution in [0.2, 0.25) is 0 Å². The molecule has 88 valence electrons. The Labute approximate surface area is 94.2 Å². The van der Waals surface area contributed by atoms with Crippen LogP contribution in [0.1, 0.15) is 37.3 Å². The van der Waals surface area contributed by atoms with Gasteiger partial charge in [0.25, 0.3) is 0 Å². The quantitative estimate of drug-likeness (QED) is 0.733. The zero-order chi connectivity index (χ0) is 12.3. The molecule has 0 fully saturated rings. The molecular weight excluding hydrogens is 208 g/mol. The third-order valence-corrected chi connectivity index (χ3v) is 2.62. The molecule has 3 N–H and O–H groups in total. The van der Waals surface area contributed by atoms with E-state index < -0.39 is 5.97 Å². The number of aliphatic carboxylic acids is 1. The number of rotatable bonds is 4. The first-order valence-corrected chi connectivity index (χ1v) is 5.22. The lowest BCUT2D eigenvalue weighted by Gasteiger charge is -2.13. The van der Waals surface area contributed by atoms with Crippen molar-refractivity contribution in [2.45, 2.75) is 32.6 Å². The van der Waals surface area contributed by atoms with Gasteiger partial charge in [-0.15, -0.1) is 0 Å². The second-order valence-corrected chi connectivity index (χ2v) is 3.89. The SMILES string of the molecule is CCc1cc(C(C)CC(=O)O)c(O)cc1O. The van der Waals surface area contributed by atoms with Gasteiger partial charge in [-0.25, -0.2) is 0 Å². The predicted molar refractivity (Wildman–Crippen MR) is 59.8 cm³/mol. The summed E-state index contributed by atoms with van der Waals surface area (Å²) in [6.07, 6.45) is 0.598. The van der Waals surface area contributed by atoms with E-state index in [0.29, 0.717) is 17.5 Å². The van der Waals surface area contributed by atoms with Gasteiger partial charge in [-0.05, 0) is 29.5 Å². The molecule has 0 aliphatic carbocycles. The van der Waals surface area contributed by atoms with Gasteiger partial charge >= 0.3 is 5.97 Å². The van der Waals surface area contributed by atoms with Crippen LogP contribution >= 0.6 is 0 Å². The molecule has 1 aromatic carbocycles. The second-order valence-electron chi connectivity index (χ2n) is 3.89. The molecule has 0 spiro atoms. The molecule has 1 unspecified atom stereocenters. The summed E-state index contributed by atoms with van der Waals surface area (Å²) >= 11 is 0. The number of carboxylic acids is 1. The smallest absolute Gasteiger partial charge is 0.303 e. The Morgan fingerprint density at radius 3 is 2.44 bits per heavy atom. The molecule has 0 amide bonds. The summed E-state index contributed by atoms with van der Waals surface area (Å²) in [5.41, 5.74) is 1.28. The van der Waals surface area contributed by atoms with Crippen LogP contribution in [0.4, 0.5) is 0 Å². The van der Waals surface area contributed by atoms with Crippen LogP contribution in [0.5, 0.6) is 11.5 Å². The van der Waals surface area contributed by atoms with E-state index in [1.165, 1.54) is 6.07 Å². The Bertz CT molecular complexity index is 398. The summed E-state index contributed by atoms with van der Waals surface area (Å²) in [6.45, 7) is 3.62. The van der Waals surface area contributed by atoms with Crippen molar-refractivity contribution in [1.29, 1.82) is 0 Å². The van der Waals surface area contributed by atoms with Gasteiger partial charge in [0.1, 0.15) is 11.5 Å². The Morgan fingerprint density at radius 2 is 1.94 bits per heavy atom. The normalized spacial score (nSPS) is 12.4. The summed E-state index contributed by atoms with van der Waals surface area (Å²) in [7, 11) is 0. The van der Waals surface area contributed by atoms with Crippen molar-refractivity contribution in [3.8, 4) is 11.5 Å². The zero-order valence-electron chi connectivity index (χ0n) is 9.40. The van der Waals surface area contributed by atoms with E-state index in [0.717, 1.165) is 0 Å². The number of benzene rings is 1. The first-order valence-electron chi connectivity index (χ1n) is 5.22. The first kappa shape index (κ1) is 12.4. The first-order chi connectivity index (χ1) is 7.45. The van der Waals surface area contributed by atoms with Gasteiger partial charge in [-0.2, -0.15) is 0 Å². The molecule has 0 aliphatic rings. The second kappa shape index (κ2) is 4.88. The van der Waals surface area contributed by atoms with Crippen molar-refractivity contribution in [3.05, 3.63) is 23.3 Å². The van der Waals surface area contributed by atoms with E-state index in [2.05, 4.69) is 0 Å². The van der Waals surface area contributed by atoms with Crippen molar-refractivity contribution < 1.29 is 20.1 Å². The van der Waals surface area contributed by atoms with Crippen LogP contribution in [-0.4, -0.2) is 21.3 Å². The van der Waals surface area contributed by atoms with Crippen LogP contribution in [0.25, 0.3) is 0 Å². The van der Waals surface area contributed by atoms with E-state index in [4.69, 9.17) is 5.11 Å². The highest BCUT2D eigenvalue weighted by atomic mass is 16.4. The molecule has 4 heteroatoms. The van der Waals surface area contributed by atoms with Gasteiger partial charge < -0.3 is 15.3 Å². The highest BCUT2D eigenvalue weighted by molar-refractivity contribution is 5.68. The topological polar surface area (TPSA) is 77.8 Å².